The number of rotatable bonds is 4. The van der Waals surface area contributed by atoms with Crippen molar-refractivity contribution in [1.29, 1.82) is 0 Å². The van der Waals surface area contributed by atoms with E-state index in [-0.39, 0.29) is 22.2 Å². The van der Waals surface area contributed by atoms with Gasteiger partial charge in [-0.15, -0.1) is 0 Å². The maximum Gasteiger partial charge on any atom is 0.253 e. The Hall–Kier alpha value is -3.47. The number of carbonyl (C=O) groups is 1. The van der Waals surface area contributed by atoms with E-state index in [1.54, 1.807) is 24.3 Å². The first-order valence-electron chi connectivity index (χ1n) is 8.70. The number of H-pyrrole nitrogens is 1. The lowest BCUT2D eigenvalue weighted by molar-refractivity contribution is 0.0955. The Morgan fingerprint density at radius 2 is 1.59 bits per heavy atom. The number of hydrogen-bond donors (Lipinski definition) is 2. The molecule has 0 saturated carbocycles. The molecule has 0 aliphatic rings. The average Bonchev–Trinajstić information content (AvgIpc) is 2.69. The van der Waals surface area contributed by atoms with Gasteiger partial charge in [-0.3, -0.25) is 9.59 Å². The largest absolute Gasteiger partial charge is 0.352 e. The van der Waals surface area contributed by atoms with Crippen LogP contribution < -0.4 is 10.7 Å². The van der Waals surface area contributed by atoms with Gasteiger partial charge in [-0.05, 0) is 36.2 Å². The van der Waals surface area contributed by atoms with Crippen LogP contribution >= 0.6 is 0 Å². The van der Waals surface area contributed by atoms with Gasteiger partial charge in [0.1, 0.15) is 5.82 Å². The van der Waals surface area contributed by atoms with E-state index in [1.165, 1.54) is 12.1 Å². The van der Waals surface area contributed by atoms with Gasteiger partial charge in [-0.1, -0.05) is 42.5 Å². The molecule has 0 fully saturated rings. The Bertz CT molecular complexity index is 1200. The van der Waals surface area contributed by atoms with E-state index in [4.69, 9.17) is 0 Å². The highest BCUT2D eigenvalue weighted by Crippen LogP contribution is 2.20. The lowest BCUT2D eigenvalue weighted by Crippen LogP contribution is -2.26. The van der Waals surface area contributed by atoms with Crippen LogP contribution in [-0.2, 0) is 6.42 Å². The molecule has 0 saturated heterocycles. The summed E-state index contributed by atoms with van der Waals surface area (Å²) in [5.74, 6) is -0.825. The molecule has 4 aromatic rings. The van der Waals surface area contributed by atoms with Crippen LogP contribution in [0.5, 0.6) is 0 Å². The second kappa shape index (κ2) is 7.03. The van der Waals surface area contributed by atoms with Crippen LogP contribution in [0, 0.1) is 5.82 Å². The quantitative estimate of drug-likeness (QED) is 0.544. The molecule has 0 radical (unpaired) electrons. The van der Waals surface area contributed by atoms with E-state index in [1.807, 2.05) is 30.3 Å². The Morgan fingerprint density at radius 1 is 0.889 bits per heavy atom. The van der Waals surface area contributed by atoms with Crippen molar-refractivity contribution in [3.05, 3.63) is 93.9 Å². The van der Waals surface area contributed by atoms with Gasteiger partial charge >= 0.3 is 0 Å². The maximum absolute atomic E-state index is 14.1. The fourth-order valence-electron chi connectivity index (χ4n) is 3.24. The van der Waals surface area contributed by atoms with Crippen molar-refractivity contribution in [3.8, 4) is 0 Å². The third kappa shape index (κ3) is 3.19. The molecule has 0 bridgehead atoms. The van der Waals surface area contributed by atoms with Crippen LogP contribution in [0.2, 0.25) is 0 Å². The van der Waals surface area contributed by atoms with Crippen LogP contribution in [0.25, 0.3) is 21.8 Å². The molecule has 3 aromatic carbocycles. The predicted molar refractivity (Wildman–Crippen MR) is 105 cm³/mol. The van der Waals surface area contributed by atoms with Crippen LogP contribution in [0.3, 0.4) is 0 Å². The molecule has 0 aliphatic carbocycles. The number of benzene rings is 3. The van der Waals surface area contributed by atoms with Crippen molar-refractivity contribution in [2.45, 2.75) is 6.42 Å². The van der Waals surface area contributed by atoms with Gasteiger partial charge in [0, 0.05) is 17.3 Å². The van der Waals surface area contributed by atoms with Crippen LogP contribution in [0.15, 0.2) is 71.5 Å². The number of carbonyl (C=O) groups excluding carboxylic acids is 1. The van der Waals surface area contributed by atoms with Gasteiger partial charge < -0.3 is 10.3 Å². The standard InChI is InChI=1S/C22H17FN2O2/c23-18-11-5-9-16-20(18)25-19-15(21(16)26)8-4-10-17(19)22(27)24-13-12-14-6-2-1-3-7-14/h1-11H,12-13H2,(H,24,27)(H,25,26). The van der Waals surface area contributed by atoms with Gasteiger partial charge in [-0.25, -0.2) is 4.39 Å². The first kappa shape index (κ1) is 17.0. The third-order valence-electron chi connectivity index (χ3n) is 4.60. The minimum absolute atomic E-state index is 0.111. The minimum atomic E-state index is -0.522. The molecule has 0 spiro atoms. The van der Waals surface area contributed by atoms with Crippen molar-refractivity contribution in [3.63, 3.8) is 0 Å². The third-order valence-corrected chi connectivity index (χ3v) is 4.60. The van der Waals surface area contributed by atoms with Crippen molar-refractivity contribution >= 4 is 27.7 Å². The first-order valence-corrected chi connectivity index (χ1v) is 8.70. The summed E-state index contributed by atoms with van der Waals surface area (Å²) < 4.78 is 14.1. The first-order chi connectivity index (χ1) is 13.1. The summed E-state index contributed by atoms with van der Waals surface area (Å²) in [7, 11) is 0. The molecular formula is C22H17FN2O2. The smallest absolute Gasteiger partial charge is 0.253 e. The Kier molecular flexibility index (Phi) is 4.42. The Morgan fingerprint density at radius 3 is 2.37 bits per heavy atom. The molecule has 27 heavy (non-hydrogen) atoms. The van der Waals surface area contributed by atoms with Crippen LogP contribution in [0.4, 0.5) is 4.39 Å². The molecule has 5 heteroatoms. The molecule has 0 aliphatic heterocycles. The summed E-state index contributed by atoms with van der Waals surface area (Å²) in [6.45, 7) is 0.464. The summed E-state index contributed by atoms with van der Waals surface area (Å²) in [4.78, 5) is 28.3. The normalized spacial score (nSPS) is 11.0. The van der Waals surface area contributed by atoms with E-state index in [9.17, 15) is 14.0 Å². The fourth-order valence-corrected chi connectivity index (χ4v) is 3.24. The number of hydrogen-bond acceptors (Lipinski definition) is 2. The predicted octanol–water partition coefficient (Wildman–Crippen LogP) is 3.79. The van der Waals surface area contributed by atoms with Crippen molar-refractivity contribution in [1.82, 2.24) is 10.3 Å². The lowest BCUT2D eigenvalue weighted by Gasteiger charge is -2.10. The number of para-hydroxylation sites is 2. The van der Waals surface area contributed by atoms with E-state index in [0.29, 0.717) is 29.4 Å². The van der Waals surface area contributed by atoms with Crippen molar-refractivity contribution in [2.75, 3.05) is 6.54 Å². The number of aromatic amines is 1. The highest BCUT2D eigenvalue weighted by molar-refractivity contribution is 6.07. The maximum atomic E-state index is 14.1. The molecule has 0 atom stereocenters. The number of halogens is 1. The molecule has 134 valence electrons. The molecular weight excluding hydrogens is 343 g/mol. The monoisotopic (exact) mass is 360 g/mol. The molecule has 1 amide bonds. The average molecular weight is 360 g/mol. The van der Waals surface area contributed by atoms with E-state index < -0.39 is 5.82 Å². The summed E-state index contributed by atoms with van der Waals surface area (Å²) in [5.41, 5.74) is 1.61. The highest BCUT2D eigenvalue weighted by atomic mass is 19.1. The van der Waals surface area contributed by atoms with Crippen molar-refractivity contribution < 1.29 is 9.18 Å². The Balaban J connectivity index is 1.69. The second-order valence-corrected chi connectivity index (χ2v) is 6.34. The summed E-state index contributed by atoms with van der Waals surface area (Å²) in [5, 5.41) is 3.50. The second-order valence-electron chi connectivity index (χ2n) is 6.34. The van der Waals surface area contributed by atoms with E-state index >= 15 is 0 Å². The summed E-state index contributed by atoms with van der Waals surface area (Å²) >= 11 is 0. The number of fused-ring (bicyclic) bond motifs is 2. The van der Waals surface area contributed by atoms with Crippen LogP contribution in [-0.4, -0.2) is 17.4 Å². The molecule has 0 unspecified atom stereocenters. The zero-order valence-electron chi connectivity index (χ0n) is 14.5. The van der Waals surface area contributed by atoms with Gasteiger partial charge in [0.25, 0.3) is 5.91 Å². The van der Waals surface area contributed by atoms with E-state index in [2.05, 4.69) is 10.3 Å². The Labute approximate surface area is 154 Å². The molecule has 1 heterocycles. The van der Waals surface area contributed by atoms with Gasteiger partial charge in [0.2, 0.25) is 0 Å². The summed E-state index contributed by atoms with van der Waals surface area (Å²) in [6, 6.07) is 19.1. The number of amides is 1. The van der Waals surface area contributed by atoms with Crippen LogP contribution in [0.1, 0.15) is 15.9 Å². The number of aromatic nitrogens is 1. The summed E-state index contributed by atoms with van der Waals surface area (Å²) in [6.07, 6.45) is 0.700. The van der Waals surface area contributed by atoms with Gasteiger partial charge in [0.15, 0.2) is 5.43 Å². The molecule has 2 N–H and O–H groups in total. The van der Waals surface area contributed by atoms with Gasteiger partial charge in [0.05, 0.1) is 16.6 Å². The number of nitrogens with one attached hydrogen (secondary N) is 2. The molecule has 1 aromatic heterocycles. The molecule has 4 rings (SSSR count). The van der Waals surface area contributed by atoms with Crippen molar-refractivity contribution in [2.24, 2.45) is 0 Å². The highest BCUT2D eigenvalue weighted by Gasteiger charge is 2.15. The lowest BCUT2D eigenvalue weighted by atomic mass is 10.1. The minimum Gasteiger partial charge on any atom is -0.352 e. The fraction of sp³-hybridized carbons (Fsp3) is 0.0909. The van der Waals surface area contributed by atoms with E-state index in [0.717, 1.165) is 5.56 Å². The topological polar surface area (TPSA) is 62.0 Å². The number of pyridine rings is 1. The molecule has 4 nitrogen and oxygen atoms in total. The SMILES string of the molecule is O=C(NCCc1ccccc1)c1cccc2c(=O)c3cccc(F)c3[nH]c12. The zero-order chi connectivity index (χ0) is 18.8. The van der Waals surface area contributed by atoms with Gasteiger partial charge in [-0.2, -0.15) is 0 Å². The zero-order valence-corrected chi connectivity index (χ0v) is 14.5.